The van der Waals surface area contributed by atoms with E-state index in [9.17, 15) is 9.59 Å². The summed E-state index contributed by atoms with van der Waals surface area (Å²) in [5.74, 6) is 0.00522. The van der Waals surface area contributed by atoms with Crippen molar-refractivity contribution in [1.29, 1.82) is 0 Å². The number of benzene rings is 2. The molecule has 2 aromatic carbocycles. The SMILES string of the molecule is COc1cccc(OC)c1C(=O)OCC(=O)N[C@@H](CC(C)C)c1ccccc1. The van der Waals surface area contributed by atoms with E-state index in [1.807, 2.05) is 30.3 Å². The van der Waals surface area contributed by atoms with Crippen molar-refractivity contribution in [3.63, 3.8) is 0 Å². The predicted molar refractivity (Wildman–Crippen MR) is 107 cm³/mol. The van der Waals surface area contributed by atoms with Gasteiger partial charge in [0.05, 0.1) is 20.3 Å². The molecule has 2 aromatic rings. The predicted octanol–water partition coefficient (Wildman–Crippen LogP) is 3.76. The first kappa shape index (κ1) is 21.3. The minimum atomic E-state index is -0.676. The molecule has 1 amide bonds. The number of nitrogens with one attached hydrogen (secondary N) is 1. The quantitative estimate of drug-likeness (QED) is 0.665. The molecule has 0 heterocycles. The first-order valence-electron chi connectivity index (χ1n) is 9.18. The Balaban J connectivity index is 2.04. The molecule has 0 spiro atoms. The highest BCUT2D eigenvalue weighted by atomic mass is 16.5. The third kappa shape index (κ3) is 5.74. The van der Waals surface area contributed by atoms with Crippen molar-refractivity contribution in [2.24, 2.45) is 5.92 Å². The lowest BCUT2D eigenvalue weighted by Crippen LogP contribution is -2.33. The van der Waals surface area contributed by atoms with Gasteiger partial charge in [-0.05, 0) is 30.0 Å². The van der Waals surface area contributed by atoms with Crippen molar-refractivity contribution in [2.75, 3.05) is 20.8 Å². The van der Waals surface area contributed by atoms with Crippen molar-refractivity contribution in [3.05, 3.63) is 59.7 Å². The summed E-state index contributed by atoms with van der Waals surface area (Å²) in [6.45, 7) is 3.80. The highest BCUT2D eigenvalue weighted by Gasteiger charge is 2.22. The molecule has 0 aliphatic heterocycles. The maximum absolute atomic E-state index is 12.5. The van der Waals surface area contributed by atoms with Gasteiger partial charge in [-0.15, -0.1) is 0 Å². The van der Waals surface area contributed by atoms with Crippen LogP contribution in [0.25, 0.3) is 0 Å². The van der Waals surface area contributed by atoms with Gasteiger partial charge < -0.3 is 19.5 Å². The summed E-state index contributed by atoms with van der Waals surface area (Å²) in [5, 5.41) is 2.95. The summed E-state index contributed by atoms with van der Waals surface area (Å²) in [6.07, 6.45) is 0.782. The highest BCUT2D eigenvalue weighted by Crippen LogP contribution is 2.29. The second-order valence-corrected chi connectivity index (χ2v) is 6.77. The molecule has 0 saturated carbocycles. The van der Waals surface area contributed by atoms with Gasteiger partial charge in [-0.2, -0.15) is 0 Å². The number of hydrogen-bond donors (Lipinski definition) is 1. The van der Waals surface area contributed by atoms with Crippen molar-refractivity contribution in [1.82, 2.24) is 5.32 Å². The molecular formula is C22H27NO5. The highest BCUT2D eigenvalue weighted by molar-refractivity contribution is 5.96. The number of esters is 1. The summed E-state index contributed by atoms with van der Waals surface area (Å²) in [4.78, 5) is 24.9. The van der Waals surface area contributed by atoms with Crippen LogP contribution in [0.1, 0.15) is 42.2 Å². The Hall–Kier alpha value is -3.02. The van der Waals surface area contributed by atoms with Crippen LogP contribution in [0.2, 0.25) is 0 Å². The fourth-order valence-corrected chi connectivity index (χ4v) is 2.93. The van der Waals surface area contributed by atoms with Crippen molar-refractivity contribution < 1.29 is 23.8 Å². The minimum Gasteiger partial charge on any atom is -0.496 e. The molecule has 0 fully saturated rings. The largest absolute Gasteiger partial charge is 0.496 e. The van der Waals surface area contributed by atoms with Crippen LogP contribution < -0.4 is 14.8 Å². The van der Waals surface area contributed by atoms with Crippen LogP contribution in [-0.4, -0.2) is 32.7 Å². The van der Waals surface area contributed by atoms with E-state index in [-0.39, 0.29) is 24.1 Å². The Kier molecular flexibility index (Phi) is 7.87. The Bertz CT molecular complexity index is 767. The van der Waals surface area contributed by atoms with Crippen LogP contribution in [0.4, 0.5) is 0 Å². The van der Waals surface area contributed by atoms with Gasteiger partial charge in [0.2, 0.25) is 0 Å². The second-order valence-electron chi connectivity index (χ2n) is 6.77. The van der Waals surface area contributed by atoms with E-state index in [0.717, 1.165) is 12.0 Å². The zero-order chi connectivity index (χ0) is 20.5. The molecule has 28 heavy (non-hydrogen) atoms. The summed E-state index contributed by atoms with van der Waals surface area (Å²) >= 11 is 0. The van der Waals surface area contributed by atoms with E-state index < -0.39 is 5.97 Å². The fourth-order valence-electron chi connectivity index (χ4n) is 2.93. The topological polar surface area (TPSA) is 73.9 Å². The van der Waals surface area contributed by atoms with Crippen LogP contribution in [0.3, 0.4) is 0 Å². The maximum atomic E-state index is 12.5. The third-order valence-electron chi connectivity index (χ3n) is 4.21. The number of methoxy groups -OCH3 is 2. The fraction of sp³-hybridized carbons (Fsp3) is 0.364. The summed E-state index contributed by atoms with van der Waals surface area (Å²) < 4.78 is 15.6. The molecule has 0 aromatic heterocycles. The summed E-state index contributed by atoms with van der Waals surface area (Å²) in [7, 11) is 2.91. The van der Waals surface area contributed by atoms with E-state index in [4.69, 9.17) is 14.2 Å². The van der Waals surface area contributed by atoms with Gasteiger partial charge >= 0.3 is 5.97 Å². The smallest absolute Gasteiger partial charge is 0.346 e. The van der Waals surface area contributed by atoms with Crippen molar-refractivity contribution >= 4 is 11.9 Å². The van der Waals surface area contributed by atoms with Gasteiger partial charge in [0, 0.05) is 0 Å². The van der Waals surface area contributed by atoms with Gasteiger partial charge in [-0.3, -0.25) is 4.79 Å². The molecule has 1 atom stereocenters. The molecule has 0 bridgehead atoms. The summed E-state index contributed by atoms with van der Waals surface area (Å²) in [6, 6.07) is 14.6. The van der Waals surface area contributed by atoms with Gasteiger partial charge in [-0.25, -0.2) is 4.79 Å². The van der Waals surface area contributed by atoms with E-state index >= 15 is 0 Å². The molecule has 6 nitrogen and oxygen atoms in total. The molecule has 1 N–H and O–H groups in total. The van der Waals surface area contributed by atoms with Crippen molar-refractivity contribution in [3.8, 4) is 11.5 Å². The number of hydrogen-bond acceptors (Lipinski definition) is 5. The monoisotopic (exact) mass is 385 g/mol. The van der Waals surface area contributed by atoms with Crippen LogP contribution >= 0.6 is 0 Å². The van der Waals surface area contributed by atoms with Crippen LogP contribution in [0.5, 0.6) is 11.5 Å². The van der Waals surface area contributed by atoms with Gasteiger partial charge in [0.25, 0.3) is 5.91 Å². The van der Waals surface area contributed by atoms with E-state index in [2.05, 4.69) is 19.2 Å². The van der Waals surface area contributed by atoms with Crippen LogP contribution in [0.15, 0.2) is 48.5 Å². The van der Waals surface area contributed by atoms with Gasteiger partial charge in [0.15, 0.2) is 6.61 Å². The Morgan fingerprint density at radius 1 is 0.929 bits per heavy atom. The Morgan fingerprint density at radius 3 is 2.07 bits per heavy atom. The average Bonchev–Trinajstić information content (AvgIpc) is 2.71. The molecular weight excluding hydrogens is 358 g/mol. The zero-order valence-electron chi connectivity index (χ0n) is 16.7. The number of rotatable bonds is 9. The number of carbonyl (C=O) groups excluding carboxylic acids is 2. The molecule has 0 unspecified atom stereocenters. The van der Waals surface area contributed by atoms with E-state index in [1.54, 1.807) is 18.2 Å². The number of ether oxygens (including phenoxy) is 3. The standard InChI is InChI=1S/C22H27NO5/c1-15(2)13-17(16-9-6-5-7-10-16)23-20(24)14-28-22(25)21-18(26-3)11-8-12-19(21)27-4/h5-12,15,17H,13-14H2,1-4H3,(H,23,24)/t17-/m0/s1. The zero-order valence-corrected chi connectivity index (χ0v) is 16.7. The van der Waals surface area contributed by atoms with E-state index in [1.165, 1.54) is 14.2 Å². The molecule has 2 rings (SSSR count). The normalized spacial score (nSPS) is 11.6. The maximum Gasteiger partial charge on any atom is 0.346 e. The first-order valence-corrected chi connectivity index (χ1v) is 9.18. The lowest BCUT2D eigenvalue weighted by atomic mass is 9.97. The van der Waals surface area contributed by atoms with Crippen LogP contribution in [0, 0.1) is 5.92 Å². The van der Waals surface area contributed by atoms with Crippen LogP contribution in [-0.2, 0) is 9.53 Å². The Labute approximate surface area is 165 Å². The average molecular weight is 385 g/mol. The number of amides is 1. The Morgan fingerprint density at radius 2 is 1.54 bits per heavy atom. The molecule has 150 valence electrons. The molecule has 6 heteroatoms. The van der Waals surface area contributed by atoms with Gasteiger partial charge in [0.1, 0.15) is 17.1 Å². The van der Waals surface area contributed by atoms with Crippen molar-refractivity contribution in [2.45, 2.75) is 26.3 Å². The lowest BCUT2D eigenvalue weighted by molar-refractivity contribution is -0.125. The third-order valence-corrected chi connectivity index (χ3v) is 4.21. The molecule has 0 radical (unpaired) electrons. The second kappa shape index (κ2) is 10.3. The molecule has 0 saturated heterocycles. The minimum absolute atomic E-state index is 0.145. The van der Waals surface area contributed by atoms with Gasteiger partial charge in [-0.1, -0.05) is 50.2 Å². The first-order chi connectivity index (χ1) is 13.5. The summed E-state index contributed by atoms with van der Waals surface area (Å²) in [5.41, 5.74) is 1.17. The molecule has 0 aliphatic carbocycles. The lowest BCUT2D eigenvalue weighted by Gasteiger charge is -2.21. The number of carbonyl (C=O) groups is 2. The van der Waals surface area contributed by atoms with E-state index in [0.29, 0.717) is 17.4 Å². The molecule has 0 aliphatic rings.